The molecule has 6 heteroatoms. The SMILES string of the molecule is O=C(Nc1ccncc1)[C@@H]1Cc2ccccc2N1C(=O)CCN1CCC2(CCc3ccccc32)CC1. The summed E-state index contributed by atoms with van der Waals surface area (Å²) in [7, 11) is 0. The van der Waals surface area contributed by atoms with Crippen LogP contribution in [0.25, 0.3) is 0 Å². The summed E-state index contributed by atoms with van der Waals surface area (Å²) >= 11 is 0. The first-order valence-electron chi connectivity index (χ1n) is 13.0. The fourth-order valence-corrected chi connectivity index (χ4v) is 6.43. The second-order valence-electron chi connectivity index (χ2n) is 10.4. The van der Waals surface area contributed by atoms with E-state index in [0.717, 1.165) is 43.7 Å². The Morgan fingerprint density at radius 3 is 2.44 bits per heavy atom. The molecule has 3 aliphatic rings. The molecule has 0 bridgehead atoms. The molecule has 1 fully saturated rings. The van der Waals surface area contributed by atoms with E-state index in [4.69, 9.17) is 0 Å². The molecule has 36 heavy (non-hydrogen) atoms. The molecule has 3 aromatic rings. The lowest BCUT2D eigenvalue weighted by Crippen LogP contribution is -2.47. The highest BCUT2D eigenvalue weighted by atomic mass is 16.2. The van der Waals surface area contributed by atoms with Crippen LogP contribution in [-0.4, -0.2) is 47.4 Å². The number of carbonyl (C=O) groups is 2. The van der Waals surface area contributed by atoms with Crippen LogP contribution in [-0.2, 0) is 27.8 Å². The molecule has 1 spiro atoms. The number of anilines is 2. The van der Waals surface area contributed by atoms with Crippen LogP contribution in [0.5, 0.6) is 0 Å². The third kappa shape index (κ3) is 4.20. The third-order valence-electron chi connectivity index (χ3n) is 8.41. The molecular weight excluding hydrogens is 448 g/mol. The van der Waals surface area contributed by atoms with Crippen LogP contribution in [0.2, 0.25) is 0 Å². The first kappa shape index (κ1) is 22.9. The van der Waals surface area contributed by atoms with Crippen LogP contribution in [0.1, 0.15) is 42.4 Å². The Morgan fingerprint density at radius 1 is 0.917 bits per heavy atom. The minimum atomic E-state index is -0.539. The second kappa shape index (κ2) is 9.51. The third-order valence-corrected chi connectivity index (χ3v) is 8.41. The van der Waals surface area contributed by atoms with Gasteiger partial charge in [-0.25, -0.2) is 0 Å². The first-order chi connectivity index (χ1) is 17.6. The van der Waals surface area contributed by atoms with Gasteiger partial charge in [0.1, 0.15) is 6.04 Å². The van der Waals surface area contributed by atoms with Crippen molar-refractivity contribution in [1.82, 2.24) is 9.88 Å². The van der Waals surface area contributed by atoms with E-state index >= 15 is 0 Å². The van der Waals surface area contributed by atoms with Gasteiger partial charge in [0, 0.05) is 43.2 Å². The summed E-state index contributed by atoms with van der Waals surface area (Å²) in [5.74, 6) is -0.146. The molecule has 1 N–H and O–H groups in total. The second-order valence-corrected chi connectivity index (χ2v) is 10.4. The van der Waals surface area contributed by atoms with Gasteiger partial charge in [0.2, 0.25) is 11.8 Å². The highest BCUT2D eigenvalue weighted by molar-refractivity contribution is 6.07. The maximum atomic E-state index is 13.5. The zero-order valence-corrected chi connectivity index (χ0v) is 20.5. The van der Waals surface area contributed by atoms with Crippen LogP contribution in [0.4, 0.5) is 11.4 Å². The number of rotatable bonds is 5. The molecule has 0 saturated carbocycles. The highest BCUT2D eigenvalue weighted by Gasteiger charge is 2.41. The van der Waals surface area contributed by atoms with Gasteiger partial charge in [-0.15, -0.1) is 0 Å². The quantitative estimate of drug-likeness (QED) is 0.590. The van der Waals surface area contributed by atoms with Crippen LogP contribution in [0.15, 0.2) is 73.1 Å². The molecule has 2 amide bonds. The number of para-hydroxylation sites is 1. The largest absolute Gasteiger partial charge is 0.324 e. The summed E-state index contributed by atoms with van der Waals surface area (Å²) < 4.78 is 0. The molecule has 0 unspecified atom stereocenters. The number of carbonyl (C=O) groups excluding carboxylic acids is 2. The van der Waals surface area contributed by atoms with Crippen molar-refractivity contribution in [3.05, 3.63) is 89.7 Å². The fraction of sp³-hybridized carbons (Fsp3) is 0.367. The van der Waals surface area contributed by atoms with Crippen molar-refractivity contribution < 1.29 is 9.59 Å². The van der Waals surface area contributed by atoms with Gasteiger partial charge in [0.15, 0.2) is 0 Å². The predicted molar refractivity (Wildman–Crippen MR) is 141 cm³/mol. The monoisotopic (exact) mass is 480 g/mol. The first-order valence-corrected chi connectivity index (χ1v) is 13.0. The lowest BCUT2D eigenvalue weighted by Gasteiger charge is -2.40. The number of amides is 2. The summed E-state index contributed by atoms with van der Waals surface area (Å²) in [5.41, 5.74) is 5.98. The number of hydrogen-bond acceptors (Lipinski definition) is 4. The van der Waals surface area contributed by atoms with Crippen molar-refractivity contribution in [3.8, 4) is 0 Å². The summed E-state index contributed by atoms with van der Waals surface area (Å²) in [4.78, 5) is 34.9. The Morgan fingerprint density at radius 2 is 1.64 bits per heavy atom. The van der Waals surface area contributed by atoms with Gasteiger partial charge >= 0.3 is 0 Å². The zero-order valence-electron chi connectivity index (χ0n) is 20.5. The van der Waals surface area contributed by atoms with Gasteiger partial charge < -0.3 is 10.2 Å². The molecule has 2 aromatic carbocycles. The number of nitrogens with zero attached hydrogens (tertiary/aromatic N) is 3. The number of fused-ring (bicyclic) bond motifs is 3. The van der Waals surface area contributed by atoms with E-state index in [1.807, 2.05) is 24.3 Å². The van der Waals surface area contributed by atoms with Crippen molar-refractivity contribution in [2.45, 2.75) is 50.0 Å². The molecule has 184 valence electrons. The predicted octanol–water partition coefficient (Wildman–Crippen LogP) is 4.35. The average Bonchev–Trinajstić information content (AvgIpc) is 3.48. The number of piperidine rings is 1. The Hall–Kier alpha value is -3.51. The normalized spacial score (nSPS) is 20.2. The van der Waals surface area contributed by atoms with Gasteiger partial charge in [-0.1, -0.05) is 42.5 Å². The number of nitrogens with one attached hydrogen (secondary N) is 1. The standard InChI is InChI=1S/C30H32N4O2/c35-28(12-18-33-19-14-30(15-20-33)13-9-22-5-1-3-7-25(22)30)34-26-8-4-2-6-23(26)21-27(34)29(36)32-24-10-16-31-17-11-24/h1-8,10-11,16-17,27H,9,12-15,18-21H2,(H,31,32,36)/t27-/m0/s1. The minimum absolute atomic E-state index is 0.0151. The van der Waals surface area contributed by atoms with Crippen LogP contribution >= 0.6 is 0 Å². The highest BCUT2D eigenvalue weighted by Crippen LogP contribution is 2.46. The topological polar surface area (TPSA) is 65.5 Å². The molecule has 0 radical (unpaired) electrons. The van der Waals surface area contributed by atoms with E-state index in [9.17, 15) is 9.59 Å². The van der Waals surface area contributed by atoms with Crippen molar-refractivity contribution in [3.63, 3.8) is 0 Å². The maximum absolute atomic E-state index is 13.5. The number of benzene rings is 2. The number of hydrogen-bond donors (Lipinski definition) is 1. The number of aryl methyl sites for hydroxylation is 1. The molecular formula is C30H32N4O2. The van der Waals surface area contributed by atoms with Crippen molar-refractivity contribution >= 4 is 23.2 Å². The Kier molecular flexibility index (Phi) is 6.05. The Bertz CT molecular complexity index is 1270. The number of likely N-dealkylation sites (tertiary alicyclic amines) is 1. The van der Waals surface area contributed by atoms with Crippen LogP contribution in [0.3, 0.4) is 0 Å². The van der Waals surface area contributed by atoms with E-state index < -0.39 is 6.04 Å². The van der Waals surface area contributed by atoms with E-state index in [1.54, 1.807) is 35.0 Å². The number of aromatic nitrogens is 1. The lowest BCUT2D eigenvalue weighted by atomic mass is 9.74. The van der Waals surface area contributed by atoms with Gasteiger partial charge in [0.25, 0.3) is 0 Å². The summed E-state index contributed by atoms with van der Waals surface area (Å²) in [6.07, 6.45) is 8.98. The Labute approximate surface area is 212 Å². The molecule has 6 rings (SSSR count). The van der Waals surface area contributed by atoms with E-state index in [1.165, 1.54) is 18.4 Å². The van der Waals surface area contributed by atoms with Crippen LogP contribution in [0, 0.1) is 0 Å². The Balaban J connectivity index is 1.11. The van der Waals surface area contributed by atoms with Gasteiger partial charge in [-0.2, -0.15) is 0 Å². The lowest BCUT2D eigenvalue weighted by molar-refractivity contribution is -0.123. The van der Waals surface area contributed by atoms with E-state index in [2.05, 4.69) is 39.5 Å². The summed E-state index contributed by atoms with van der Waals surface area (Å²) in [6.45, 7) is 2.77. The molecule has 2 aliphatic heterocycles. The number of pyridine rings is 1. The smallest absolute Gasteiger partial charge is 0.247 e. The summed E-state index contributed by atoms with van der Waals surface area (Å²) in [5, 5.41) is 2.96. The molecule has 1 atom stereocenters. The average molecular weight is 481 g/mol. The molecule has 3 heterocycles. The van der Waals surface area contributed by atoms with Crippen molar-refractivity contribution in [1.29, 1.82) is 0 Å². The minimum Gasteiger partial charge on any atom is -0.324 e. The maximum Gasteiger partial charge on any atom is 0.247 e. The van der Waals surface area contributed by atoms with E-state index in [0.29, 0.717) is 23.9 Å². The molecule has 1 saturated heterocycles. The van der Waals surface area contributed by atoms with E-state index in [-0.39, 0.29) is 11.8 Å². The fourth-order valence-electron chi connectivity index (χ4n) is 6.43. The molecule has 6 nitrogen and oxygen atoms in total. The molecule has 1 aromatic heterocycles. The molecule has 1 aliphatic carbocycles. The van der Waals surface area contributed by atoms with Crippen LogP contribution < -0.4 is 10.2 Å². The van der Waals surface area contributed by atoms with Crippen molar-refractivity contribution in [2.75, 3.05) is 29.9 Å². The zero-order chi connectivity index (χ0) is 24.5. The van der Waals surface area contributed by atoms with Crippen molar-refractivity contribution in [2.24, 2.45) is 0 Å². The van der Waals surface area contributed by atoms with Gasteiger partial charge in [-0.3, -0.25) is 19.5 Å². The van der Waals surface area contributed by atoms with Gasteiger partial charge in [0.05, 0.1) is 0 Å². The van der Waals surface area contributed by atoms with Gasteiger partial charge in [-0.05, 0) is 79.1 Å². The summed E-state index contributed by atoms with van der Waals surface area (Å²) in [6, 6.07) is 19.8.